The van der Waals surface area contributed by atoms with E-state index in [1.54, 1.807) is 24.3 Å². The minimum Gasteiger partial charge on any atom is -0.355 e. The van der Waals surface area contributed by atoms with Crippen molar-refractivity contribution in [1.82, 2.24) is 10.6 Å². The van der Waals surface area contributed by atoms with E-state index < -0.39 is 0 Å². The maximum atomic E-state index is 12.0. The number of hydrogen-bond acceptors (Lipinski definition) is 3. The average molecular weight is 382 g/mol. The molecule has 0 aromatic heterocycles. The highest BCUT2D eigenvalue weighted by atomic mass is 16.2. The van der Waals surface area contributed by atoms with E-state index in [0.29, 0.717) is 17.8 Å². The molecule has 0 bridgehead atoms. The molecule has 0 aliphatic rings. The topological polar surface area (TPSA) is 99.3 Å². The lowest BCUT2D eigenvalue weighted by Crippen LogP contribution is -2.34. The van der Waals surface area contributed by atoms with Crippen molar-refractivity contribution in [1.29, 1.82) is 0 Å². The third-order valence-electron chi connectivity index (χ3n) is 3.73. The normalized spacial score (nSPS) is 10.2. The number of amides is 4. The third-order valence-corrected chi connectivity index (χ3v) is 3.73. The fourth-order valence-corrected chi connectivity index (χ4v) is 2.45. The molecule has 0 saturated heterocycles. The Kier molecular flexibility index (Phi) is 8.02. The van der Waals surface area contributed by atoms with E-state index in [0.717, 1.165) is 5.56 Å². The number of anilines is 2. The molecule has 0 heterocycles. The molecule has 7 heteroatoms. The minimum absolute atomic E-state index is 0.0479. The molecule has 0 atom stereocenters. The second kappa shape index (κ2) is 10.7. The van der Waals surface area contributed by atoms with Crippen molar-refractivity contribution >= 4 is 29.2 Å². The van der Waals surface area contributed by atoms with Gasteiger partial charge in [-0.1, -0.05) is 30.3 Å². The Morgan fingerprint density at radius 3 is 2.04 bits per heavy atom. The van der Waals surface area contributed by atoms with E-state index in [4.69, 9.17) is 0 Å². The summed E-state index contributed by atoms with van der Waals surface area (Å²) in [5.41, 5.74) is 2.18. The zero-order valence-corrected chi connectivity index (χ0v) is 16.1. The molecule has 0 aliphatic carbocycles. The maximum absolute atomic E-state index is 12.0. The van der Waals surface area contributed by atoms with Crippen molar-refractivity contribution in [3.63, 3.8) is 0 Å². The predicted octanol–water partition coefficient (Wildman–Crippen LogP) is 2.90. The number of benzene rings is 2. The van der Waals surface area contributed by atoms with Crippen LogP contribution >= 0.6 is 0 Å². The molecule has 7 nitrogen and oxygen atoms in total. The lowest BCUT2D eigenvalue weighted by Gasteiger charge is -2.11. The summed E-state index contributed by atoms with van der Waals surface area (Å²) in [6, 6.07) is 16.0. The average Bonchev–Trinajstić information content (AvgIpc) is 2.63. The highest BCUT2D eigenvalue weighted by Gasteiger charge is 2.07. The molecular weight excluding hydrogens is 356 g/mol. The second-order valence-corrected chi connectivity index (χ2v) is 6.64. The Morgan fingerprint density at radius 2 is 1.43 bits per heavy atom. The van der Waals surface area contributed by atoms with E-state index in [-0.39, 0.29) is 36.9 Å². The van der Waals surface area contributed by atoms with Gasteiger partial charge in [0, 0.05) is 30.4 Å². The van der Waals surface area contributed by atoms with Crippen molar-refractivity contribution in [3.05, 3.63) is 60.2 Å². The molecule has 0 spiro atoms. The lowest BCUT2D eigenvalue weighted by atomic mass is 10.1. The summed E-state index contributed by atoms with van der Waals surface area (Å²) < 4.78 is 0. The second-order valence-electron chi connectivity index (χ2n) is 6.64. The van der Waals surface area contributed by atoms with Gasteiger partial charge in [-0.2, -0.15) is 0 Å². The molecule has 0 aliphatic heterocycles. The van der Waals surface area contributed by atoms with Crippen molar-refractivity contribution in [2.45, 2.75) is 32.7 Å². The summed E-state index contributed by atoms with van der Waals surface area (Å²) in [6.07, 6.45) is 0.471. The van der Waals surface area contributed by atoms with E-state index in [1.165, 1.54) is 0 Å². The Hall–Kier alpha value is -3.35. The van der Waals surface area contributed by atoms with Crippen LogP contribution in [0.5, 0.6) is 0 Å². The zero-order chi connectivity index (χ0) is 20.4. The number of urea groups is 1. The lowest BCUT2D eigenvalue weighted by molar-refractivity contribution is -0.120. The summed E-state index contributed by atoms with van der Waals surface area (Å²) in [6.45, 7) is 4.02. The van der Waals surface area contributed by atoms with Crippen LogP contribution in [0.1, 0.15) is 25.8 Å². The third kappa shape index (κ3) is 7.90. The van der Waals surface area contributed by atoms with Crippen LogP contribution in [0.25, 0.3) is 0 Å². The number of nitrogens with one attached hydrogen (secondary N) is 4. The molecule has 0 fully saturated rings. The number of hydrogen-bond donors (Lipinski definition) is 4. The highest BCUT2D eigenvalue weighted by Crippen LogP contribution is 2.13. The summed E-state index contributed by atoms with van der Waals surface area (Å²) in [5.74, 6) is -0.313. The Bertz CT molecular complexity index is 789. The standard InChI is InChI=1S/C21H26N4O3/c1-15(2)23-21(28)25-18-10-8-17(9-11-18)24-19(26)12-13-22-20(27)14-16-6-4-3-5-7-16/h3-11,15H,12-14H2,1-2H3,(H,22,27)(H,24,26)(H2,23,25,28). The van der Waals surface area contributed by atoms with Crippen molar-refractivity contribution in [2.24, 2.45) is 0 Å². The molecule has 0 saturated carbocycles. The Balaban J connectivity index is 1.69. The number of carbonyl (C=O) groups excluding carboxylic acids is 3. The first-order valence-corrected chi connectivity index (χ1v) is 9.20. The van der Waals surface area contributed by atoms with Gasteiger partial charge in [-0.3, -0.25) is 9.59 Å². The quantitative estimate of drug-likeness (QED) is 0.565. The highest BCUT2D eigenvalue weighted by molar-refractivity contribution is 5.92. The van der Waals surface area contributed by atoms with Gasteiger partial charge in [0.1, 0.15) is 0 Å². The monoisotopic (exact) mass is 382 g/mol. The molecule has 0 unspecified atom stereocenters. The van der Waals surface area contributed by atoms with Gasteiger partial charge in [0.05, 0.1) is 6.42 Å². The van der Waals surface area contributed by atoms with Crippen LogP contribution in [0.4, 0.5) is 16.2 Å². The van der Waals surface area contributed by atoms with Crippen LogP contribution < -0.4 is 21.3 Å². The van der Waals surface area contributed by atoms with Gasteiger partial charge in [-0.05, 0) is 43.7 Å². The fraction of sp³-hybridized carbons (Fsp3) is 0.286. The van der Waals surface area contributed by atoms with Crippen LogP contribution in [-0.2, 0) is 16.0 Å². The summed E-state index contributed by atoms with van der Waals surface area (Å²) >= 11 is 0. The van der Waals surface area contributed by atoms with Gasteiger partial charge in [0.2, 0.25) is 11.8 Å². The molecule has 148 valence electrons. The van der Waals surface area contributed by atoms with Gasteiger partial charge in [0.15, 0.2) is 0 Å². The van der Waals surface area contributed by atoms with E-state index in [1.807, 2.05) is 44.2 Å². The van der Waals surface area contributed by atoms with Crippen molar-refractivity contribution < 1.29 is 14.4 Å². The van der Waals surface area contributed by atoms with Crippen molar-refractivity contribution in [2.75, 3.05) is 17.2 Å². The minimum atomic E-state index is -0.280. The van der Waals surface area contributed by atoms with Crippen molar-refractivity contribution in [3.8, 4) is 0 Å². The molecule has 2 rings (SSSR count). The number of carbonyl (C=O) groups is 3. The predicted molar refractivity (Wildman–Crippen MR) is 110 cm³/mol. The molecule has 28 heavy (non-hydrogen) atoms. The first kappa shape index (κ1) is 21.0. The molecular formula is C21H26N4O3. The van der Waals surface area contributed by atoms with E-state index in [2.05, 4.69) is 21.3 Å². The Morgan fingerprint density at radius 1 is 0.821 bits per heavy atom. The molecule has 0 radical (unpaired) electrons. The number of rotatable bonds is 8. The zero-order valence-electron chi connectivity index (χ0n) is 16.1. The van der Waals surface area contributed by atoms with Crippen LogP contribution in [0.2, 0.25) is 0 Å². The molecule has 2 aromatic rings. The van der Waals surface area contributed by atoms with E-state index >= 15 is 0 Å². The van der Waals surface area contributed by atoms with Gasteiger partial charge < -0.3 is 21.3 Å². The molecule has 2 aromatic carbocycles. The first-order valence-electron chi connectivity index (χ1n) is 9.20. The molecule has 4 N–H and O–H groups in total. The summed E-state index contributed by atoms with van der Waals surface area (Å²) in [5, 5.41) is 10.9. The SMILES string of the molecule is CC(C)NC(=O)Nc1ccc(NC(=O)CCNC(=O)Cc2ccccc2)cc1. The van der Waals surface area contributed by atoms with Gasteiger partial charge in [-0.15, -0.1) is 0 Å². The van der Waals surface area contributed by atoms with Crippen LogP contribution in [-0.4, -0.2) is 30.4 Å². The van der Waals surface area contributed by atoms with Crippen LogP contribution in [0, 0.1) is 0 Å². The van der Waals surface area contributed by atoms with Gasteiger partial charge >= 0.3 is 6.03 Å². The smallest absolute Gasteiger partial charge is 0.319 e. The van der Waals surface area contributed by atoms with E-state index in [9.17, 15) is 14.4 Å². The summed E-state index contributed by atoms with van der Waals surface area (Å²) in [7, 11) is 0. The molecule has 4 amide bonds. The first-order chi connectivity index (χ1) is 13.4. The maximum Gasteiger partial charge on any atom is 0.319 e. The van der Waals surface area contributed by atoms with Gasteiger partial charge in [-0.25, -0.2) is 4.79 Å². The summed E-state index contributed by atoms with van der Waals surface area (Å²) in [4.78, 5) is 35.5. The Labute approximate surface area is 164 Å². The van der Waals surface area contributed by atoms with Crippen LogP contribution in [0.15, 0.2) is 54.6 Å². The van der Waals surface area contributed by atoms with Gasteiger partial charge in [0.25, 0.3) is 0 Å². The fourth-order valence-electron chi connectivity index (χ4n) is 2.45. The largest absolute Gasteiger partial charge is 0.355 e. The van der Waals surface area contributed by atoms with Crippen LogP contribution in [0.3, 0.4) is 0 Å².